The van der Waals surface area contributed by atoms with Crippen LogP contribution in [-0.4, -0.2) is 60.4 Å². The highest BCUT2D eigenvalue weighted by Crippen LogP contribution is 2.09. The molecule has 1 aromatic rings. The van der Waals surface area contributed by atoms with Gasteiger partial charge < -0.3 is 10.2 Å². The molecule has 2 rings (SSSR count). The maximum Gasteiger partial charge on any atom is 0.317 e. The average Bonchev–Trinajstić information content (AvgIpc) is 2.55. The molecule has 0 bridgehead atoms. The lowest BCUT2D eigenvalue weighted by Crippen LogP contribution is -2.52. The predicted octanol–water partition coefficient (Wildman–Crippen LogP) is 2.95. The number of benzene rings is 1. The molecule has 0 aliphatic carbocycles. The Morgan fingerprint density at radius 3 is 2.28 bits per heavy atom. The van der Waals surface area contributed by atoms with Crippen molar-refractivity contribution in [3.8, 4) is 0 Å². The fourth-order valence-corrected chi connectivity index (χ4v) is 2.76. The minimum Gasteiger partial charge on any atom is -0.336 e. The second-order valence-electron chi connectivity index (χ2n) is 6.47. The molecule has 0 spiro atoms. The van der Waals surface area contributed by atoms with Crippen molar-refractivity contribution in [2.24, 2.45) is 0 Å². The van der Waals surface area contributed by atoms with Crippen LogP contribution in [0.5, 0.6) is 0 Å². The van der Waals surface area contributed by atoms with E-state index in [4.69, 9.17) is 0 Å². The van der Waals surface area contributed by atoms with E-state index < -0.39 is 0 Å². The van der Waals surface area contributed by atoms with Gasteiger partial charge in [0.1, 0.15) is 5.82 Å². The van der Waals surface area contributed by atoms with Gasteiger partial charge in [0, 0.05) is 44.2 Å². The summed E-state index contributed by atoms with van der Waals surface area (Å²) in [4.78, 5) is 28.1. The Kier molecular flexibility index (Phi) is 8.86. The topological polar surface area (TPSA) is 52.7 Å². The van der Waals surface area contributed by atoms with Gasteiger partial charge >= 0.3 is 6.03 Å². The largest absolute Gasteiger partial charge is 0.336 e. The summed E-state index contributed by atoms with van der Waals surface area (Å²) >= 11 is 0. The number of ketones is 1. The standard InChI is InChI=1S/C18H26FN3O2.ClH/c1-14(2)20-18(24)22-12-10-21(11-13-22)9-3-4-17(23)15-5-7-16(19)8-6-15;/h5-8,14H,3-4,9-13H2,1-2H3,(H,20,24);1H. The normalized spacial score (nSPS) is 15.0. The van der Waals surface area contributed by atoms with Gasteiger partial charge in [-0.15, -0.1) is 12.4 Å². The smallest absolute Gasteiger partial charge is 0.317 e. The van der Waals surface area contributed by atoms with Gasteiger partial charge in [-0.25, -0.2) is 9.18 Å². The van der Waals surface area contributed by atoms with Crippen molar-refractivity contribution < 1.29 is 14.0 Å². The van der Waals surface area contributed by atoms with Crippen LogP contribution in [0, 0.1) is 5.82 Å². The van der Waals surface area contributed by atoms with Crippen molar-refractivity contribution >= 4 is 24.2 Å². The minimum absolute atomic E-state index is 0. The molecule has 1 aromatic carbocycles. The zero-order valence-electron chi connectivity index (χ0n) is 14.8. The number of carbonyl (C=O) groups is 2. The molecule has 1 aliphatic heterocycles. The van der Waals surface area contributed by atoms with E-state index in [1.807, 2.05) is 18.7 Å². The van der Waals surface area contributed by atoms with Gasteiger partial charge in [-0.2, -0.15) is 0 Å². The molecule has 0 radical (unpaired) electrons. The molecule has 1 aliphatic rings. The molecule has 0 aromatic heterocycles. The molecule has 1 heterocycles. The molecule has 0 atom stereocenters. The zero-order valence-corrected chi connectivity index (χ0v) is 15.7. The maximum atomic E-state index is 12.9. The van der Waals surface area contributed by atoms with E-state index in [-0.39, 0.29) is 36.1 Å². The number of piperazine rings is 1. The number of Topliss-reactive ketones (excluding diaryl/α,β-unsaturated/α-hetero) is 1. The number of carbonyl (C=O) groups excluding carboxylic acids is 2. The van der Waals surface area contributed by atoms with Crippen LogP contribution in [0.3, 0.4) is 0 Å². The molecule has 0 unspecified atom stereocenters. The van der Waals surface area contributed by atoms with E-state index in [0.717, 1.165) is 26.1 Å². The Bertz CT molecular complexity index is 558. The molecule has 5 nitrogen and oxygen atoms in total. The number of hydrogen-bond donors (Lipinski definition) is 1. The lowest BCUT2D eigenvalue weighted by atomic mass is 10.1. The van der Waals surface area contributed by atoms with Crippen LogP contribution in [0.2, 0.25) is 0 Å². The molecular formula is C18H27ClFN3O2. The molecule has 2 amide bonds. The summed E-state index contributed by atoms with van der Waals surface area (Å²) < 4.78 is 12.9. The summed E-state index contributed by atoms with van der Waals surface area (Å²) in [7, 11) is 0. The Labute approximate surface area is 155 Å². The number of halogens is 2. The van der Waals surface area contributed by atoms with Crippen molar-refractivity contribution in [1.29, 1.82) is 0 Å². The molecule has 1 fully saturated rings. The molecule has 7 heteroatoms. The summed E-state index contributed by atoms with van der Waals surface area (Å²) in [6.45, 7) is 7.83. The van der Waals surface area contributed by atoms with Gasteiger partial charge in [0.2, 0.25) is 0 Å². The van der Waals surface area contributed by atoms with Crippen LogP contribution < -0.4 is 5.32 Å². The molecular weight excluding hydrogens is 345 g/mol. The van der Waals surface area contributed by atoms with E-state index in [2.05, 4.69) is 10.2 Å². The monoisotopic (exact) mass is 371 g/mol. The number of rotatable bonds is 6. The van der Waals surface area contributed by atoms with Crippen molar-refractivity contribution in [2.45, 2.75) is 32.7 Å². The number of amides is 2. The summed E-state index contributed by atoms with van der Waals surface area (Å²) in [5, 5.41) is 2.90. The lowest BCUT2D eigenvalue weighted by molar-refractivity contribution is 0.0968. The third kappa shape index (κ3) is 7.00. The van der Waals surface area contributed by atoms with Crippen LogP contribution in [-0.2, 0) is 0 Å². The number of nitrogens with zero attached hydrogens (tertiary/aromatic N) is 2. The van der Waals surface area contributed by atoms with Gasteiger partial charge in [0.05, 0.1) is 0 Å². The summed E-state index contributed by atoms with van der Waals surface area (Å²) in [5.74, 6) is -0.282. The van der Waals surface area contributed by atoms with E-state index in [0.29, 0.717) is 25.1 Å². The average molecular weight is 372 g/mol. The zero-order chi connectivity index (χ0) is 17.5. The van der Waals surface area contributed by atoms with Crippen molar-refractivity contribution in [1.82, 2.24) is 15.1 Å². The van der Waals surface area contributed by atoms with E-state index in [1.54, 1.807) is 0 Å². The lowest BCUT2D eigenvalue weighted by Gasteiger charge is -2.35. The SMILES string of the molecule is CC(C)NC(=O)N1CCN(CCCC(=O)c2ccc(F)cc2)CC1.Cl. The van der Waals surface area contributed by atoms with Crippen molar-refractivity contribution in [3.63, 3.8) is 0 Å². The van der Waals surface area contributed by atoms with Crippen LogP contribution in [0.1, 0.15) is 37.0 Å². The van der Waals surface area contributed by atoms with Crippen LogP contribution >= 0.6 is 12.4 Å². The van der Waals surface area contributed by atoms with Gasteiger partial charge in [-0.3, -0.25) is 9.69 Å². The molecule has 1 saturated heterocycles. The van der Waals surface area contributed by atoms with Crippen LogP contribution in [0.4, 0.5) is 9.18 Å². The van der Waals surface area contributed by atoms with Crippen molar-refractivity contribution in [2.75, 3.05) is 32.7 Å². The summed E-state index contributed by atoms with van der Waals surface area (Å²) in [6.07, 6.45) is 1.23. The fraction of sp³-hybridized carbons (Fsp3) is 0.556. The first kappa shape index (κ1) is 21.4. The first-order chi connectivity index (χ1) is 11.5. The van der Waals surface area contributed by atoms with Crippen LogP contribution in [0.25, 0.3) is 0 Å². The Morgan fingerprint density at radius 1 is 1.12 bits per heavy atom. The number of urea groups is 1. The third-order valence-electron chi connectivity index (χ3n) is 4.12. The quantitative estimate of drug-likeness (QED) is 0.782. The Balaban J connectivity index is 0.00000312. The second kappa shape index (κ2) is 10.4. The predicted molar refractivity (Wildman–Crippen MR) is 98.9 cm³/mol. The fourth-order valence-electron chi connectivity index (χ4n) is 2.76. The molecule has 1 N–H and O–H groups in total. The molecule has 25 heavy (non-hydrogen) atoms. The minimum atomic E-state index is -0.328. The first-order valence-corrected chi connectivity index (χ1v) is 8.52. The van der Waals surface area contributed by atoms with E-state index in [9.17, 15) is 14.0 Å². The summed E-state index contributed by atoms with van der Waals surface area (Å²) in [5.41, 5.74) is 0.562. The van der Waals surface area contributed by atoms with Crippen molar-refractivity contribution in [3.05, 3.63) is 35.6 Å². The Morgan fingerprint density at radius 2 is 1.72 bits per heavy atom. The second-order valence-corrected chi connectivity index (χ2v) is 6.47. The van der Waals surface area contributed by atoms with E-state index >= 15 is 0 Å². The Hall–Kier alpha value is -1.66. The molecule has 0 saturated carbocycles. The maximum absolute atomic E-state index is 12.9. The highest BCUT2D eigenvalue weighted by molar-refractivity contribution is 5.95. The highest BCUT2D eigenvalue weighted by atomic mass is 35.5. The number of nitrogens with one attached hydrogen (secondary N) is 1. The van der Waals surface area contributed by atoms with Gasteiger partial charge in [-0.1, -0.05) is 0 Å². The highest BCUT2D eigenvalue weighted by Gasteiger charge is 2.21. The van der Waals surface area contributed by atoms with Gasteiger partial charge in [-0.05, 0) is 51.1 Å². The third-order valence-corrected chi connectivity index (χ3v) is 4.12. The molecule has 140 valence electrons. The van der Waals surface area contributed by atoms with Crippen LogP contribution in [0.15, 0.2) is 24.3 Å². The first-order valence-electron chi connectivity index (χ1n) is 8.52. The summed E-state index contributed by atoms with van der Waals surface area (Å²) in [6, 6.07) is 5.83. The number of hydrogen-bond acceptors (Lipinski definition) is 3. The van der Waals surface area contributed by atoms with Gasteiger partial charge in [0.25, 0.3) is 0 Å². The van der Waals surface area contributed by atoms with Gasteiger partial charge in [0.15, 0.2) is 5.78 Å². The van der Waals surface area contributed by atoms with E-state index in [1.165, 1.54) is 24.3 Å².